The minimum Gasteiger partial charge on any atom is -0.352 e. The molecule has 0 radical (unpaired) electrons. The summed E-state index contributed by atoms with van der Waals surface area (Å²) in [5.41, 5.74) is 0.154. The van der Waals surface area contributed by atoms with Gasteiger partial charge in [0.1, 0.15) is 18.4 Å². The number of carbonyl (C=O) groups is 1. The Morgan fingerprint density at radius 1 is 1.38 bits per heavy atom. The van der Waals surface area contributed by atoms with Crippen molar-refractivity contribution in [2.45, 2.75) is 26.6 Å². The molecule has 0 aliphatic carbocycles. The summed E-state index contributed by atoms with van der Waals surface area (Å²) in [6.07, 6.45) is 4.97. The van der Waals surface area contributed by atoms with Crippen molar-refractivity contribution in [3.63, 3.8) is 0 Å². The van der Waals surface area contributed by atoms with Crippen LogP contribution in [0.1, 0.15) is 25.8 Å². The maximum absolute atomic E-state index is 13.3. The number of Topliss-reactive ketones (excluding diaryl/α,β-unsaturated/α-hetero) is 1. The molecule has 1 aliphatic heterocycles. The number of allylic oxidation sites excluding steroid dienone is 1. The van der Waals surface area contributed by atoms with Crippen molar-refractivity contribution in [2.75, 3.05) is 13.2 Å². The molecule has 2 aromatic rings. The summed E-state index contributed by atoms with van der Waals surface area (Å²) < 4.78 is 12.7. The number of hydrogen-bond acceptors (Lipinski definition) is 5. The molecule has 0 unspecified atom stereocenters. The van der Waals surface area contributed by atoms with Gasteiger partial charge >= 0.3 is 0 Å². The van der Waals surface area contributed by atoms with Crippen molar-refractivity contribution in [2.24, 2.45) is 5.41 Å². The molecule has 0 saturated carbocycles. The van der Waals surface area contributed by atoms with E-state index in [4.69, 9.17) is 32.7 Å². The van der Waals surface area contributed by atoms with Crippen LogP contribution in [0.3, 0.4) is 0 Å². The van der Waals surface area contributed by atoms with Gasteiger partial charge in [0, 0.05) is 10.0 Å². The zero-order valence-corrected chi connectivity index (χ0v) is 16.0. The van der Waals surface area contributed by atoms with Gasteiger partial charge in [-0.05, 0) is 37.1 Å². The fourth-order valence-electron chi connectivity index (χ4n) is 2.65. The van der Waals surface area contributed by atoms with Crippen LogP contribution >= 0.6 is 23.2 Å². The Morgan fingerprint density at radius 3 is 2.69 bits per heavy atom. The van der Waals surface area contributed by atoms with Crippen LogP contribution in [0, 0.1) is 5.41 Å². The van der Waals surface area contributed by atoms with Crippen molar-refractivity contribution in [3.05, 3.63) is 46.5 Å². The Labute approximate surface area is 161 Å². The van der Waals surface area contributed by atoms with E-state index in [9.17, 15) is 4.79 Å². The van der Waals surface area contributed by atoms with Crippen molar-refractivity contribution < 1.29 is 14.3 Å². The van der Waals surface area contributed by atoms with E-state index in [-0.39, 0.29) is 25.3 Å². The number of benzene rings is 1. The van der Waals surface area contributed by atoms with Crippen molar-refractivity contribution in [1.82, 2.24) is 14.8 Å². The maximum Gasteiger partial charge on any atom is 0.191 e. The smallest absolute Gasteiger partial charge is 0.191 e. The first-order valence-corrected chi connectivity index (χ1v) is 8.98. The molecule has 0 atom stereocenters. The molecule has 0 amide bonds. The van der Waals surface area contributed by atoms with Gasteiger partial charge in [0.25, 0.3) is 0 Å². The Kier molecular flexibility index (Phi) is 5.77. The van der Waals surface area contributed by atoms with Crippen LogP contribution in [-0.2, 0) is 14.3 Å². The summed E-state index contributed by atoms with van der Waals surface area (Å²) in [6.45, 7) is 4.32. The third kappa shape index (κ3) is 3.99. The first-order chi connectivity index (χ1) is 12.4. The van der Waals surface area contributed by atoms with E-state index in [1.165, 1.54) is 17.3 Å². The van der Waals surface area contributed by atoms with Gasteiger partial charge in [-0.15, -0.1) is 0 Å². The first kappa shape index (κ1) is 19.0. The van der Waals surface area contributed by atoms with Gasteiger partial charge in [-0.2, -0.15) is 5.10 Å². The van der Waals surface area contributed by atoms with E-state index >= 15 is 0 Å². The van der Waals surface area contributed by atoms with Crippen molar-refractivity contribution >= 4 is 40.8 Å². The van der Waals surface area contributed by atoms with Crippen LogP contribution in [0.15, 0.2) is 30.9 Å². The van der Waals surface area contributed by atoms with Gasteiger partial charge in [-0.3, -0.25) is 4.79 Å². The predicted molar refractivity (Wildman–Crippen MR) is 99.7 cm³/mol. The zero-order valence-electron chi connectivity index (χ0n) is 14.5. The molecule has 2 heterocycles. The molecule has 3 rings (SSSR count). The third-order valence-corrected chi connectivity index (χ3v) is 4.77. The predicted octanol–water partition coefficient (Wildman–Crippen LogP) is 3.94. The van der Waals surface area contributed by atoms with E-state index < -0.39 is 5.41 Å². The highest BCUT2D eigenvalue weighted by Gasteiger charge is 2.41. The molecule has 138 valence electrons. The van der Waals surface area contributed by atoms with E-state index in [1.807, 2.05) is 13.8 Å². The Balaban J connectivity index is 1.97. The minimum atomic E-state index is -0.831. The average Bonchev–Trinajstić information content (AvgIpc) is 3.15. The number of aromatic nitrogens is 3. The highest BCUT2D eigenvalue weighted by molar-refractivity contribution is 6.36. The van der Waals surface area contributed by atoms with E-state index in [1.54, 1.807) is 24.3 Å². The van der Waals surface area contributed by atoms with Gasteiger partial charge < -0.3 is 9.47 Å². The van der Waals surface area contributed by atoms with E-state index in [2.05, 4.69) is 10.1 Å². The molecule has 1 aromatic carbocycles. The van der Waals surface area contributed by atoms with E-state index in [0.29, 0.717) is 21.3 Å². The van der Waals surface area contributed by atoms with Gasteiger partial charge in [0.2, 0.25) is 0 Å². The normalized spacial score (nSPS) is 23.8. The number of hydrogen-bond donors (Lipinski definition) is 0. The molecule has 0 bridgehead atoms. The number of carbonyl (C=O) groups excluding carboxylic acids is 1. The molecule has 1 saturated heterocycles. The minimum absolute atomic E-state index is 0.163. The highest BCUT2D eigenvalue weighted by atomic mass is 35.5. The SMILES string of the molecule is CCC1OCC(C)(C(=O)C(=Cc2ccc(Cl)cc2Cl)n2cncn2)CO1. The Morgan fingerprint density at radius 2 is 2.12 bits per heavy atom. The fourth-order valence-corrected chi connectivity index (χ4v) is 3.12. The van der Waals surface area contributed by atoms with Gasteiger partial charge in [0.15, 0.2) is 12.1 Å². The van der Waals surface area contributed by atoms with Crippen molar-refractivity contribution in [3.8, 4) is 0 Å². The monoisotopic (exact) mass is 395 g/mol. The molecular weight excluding hydrogens is 377 g/mol. The largest absolute Gasteiger partial charge is 0.352 e. The van der Waals surface area contributed by atoms with Crippen LogP contribution in [-0.4, -0.2) is 40.1 Å². The second kappa shape index (κ2) is 7.88. The van der Waals surface area contributed by atoms with Crippen LogP contribution in [0.25, 0.3) is 11.8 Å². The first-order valence-electron chi connectivity index (χ1n) is 8.23. The molecular formula is C18H19Cl2N3O3. The topological polar surface area (TPSA) is 66.2 Å². The fraction of sp³-hybridized carbons (Fsp3) is 0.389. The number of ketones is 1. The second-order valence-corrected chi connectivity index (χ2v) is 7.23. The lowest BCUT2D eigenvalue weighted by Gasteiger charge is -2.36. The lowest BCUT2D eigenvalue weighted by atomic mass is 9.84. The van der Waals surface area contributed by atoms with Crippen LogP contribution in [0.5, 0.6) is 0 Å². The average molecular weight is 396 g/mol. The summed E-state index contributed by atoms with van der Waals surface area (Å²) in [6, 6.07) is 5.08. The maximum atomic E-state index is 13.3. The van der Waals surface area contributed by atoms with Gasteiger partial charge in [-0.25, -0.2) is 9.67 Å². The van der Waals surface area contributed by atoms with Crippen LogP contribution < -0.4 is 0 Å². The second-order valence-electron chi connectivity index (χ2n) is 6.39. The van der Waals surface area contributed by atoms with Crippen molar-refractivity contribution in [1.29, 1.82) is 0 Å². The summed E-state index contributed by atoms with van der Waals surface area (Å²) >= 11 is 12.2. The van der Waals surface area contributed by atoms with Crippen LogP contribution in [0.2, 0.25) is 10.0 Å². The molecule has 26 heavy (non-hydrogen) atoms. The number of ether oxygens (including phenoxy) is 2. The highest BCUT2D eigenvalue weighted by Crippen LogP contribution is 2.32. The standard InChI is InChI=1S/C18H19Cl2N3O3/c1-3-16-25-8-18(2,9-26-16)17(24)15(23-11-21-10-22-23)6-12-4-5-13(19)7-14(12)20/h4-7,10-11,16H,3,8-9H2,1-2H3. The van der Waals surface area contributed by atoms with E-state index in [0.717, 1.165) is 6.42 Å². The summed E-state index contributed by atoms with van der Waals surface area (Å²) in [7, 11) is 0. The molecule has 0 N–H and O–H groups in total. The number of nitrogens with zero attached hydrogens (tertiary/aromatic N) is 3. The molecule has 1 fully saturated rings. The lowest BCUT2D eigenvalue weighted by molar-refractivity contribution is -0.221. The van der Waals surface area contributed by atoms with Gasteiger partial charge in [0.05, 0.1) is 18.6 Å². The Hall–Kier alpha value is -1.73. The van der Waals surface area contributed by atoms with Gasteiger partial charge in [-0.1, -0.05) is 36.2 Å². The molecule has 1 aliphatic rings. The Bertz CT molecular complexity index is 813. The third-order valence-electron chi connectivity index (χ3n) is 4.21. The summed E-state index contributed by atoms with van der Waals surface area (Å²) in [5.74, 6) is -0.163. The molecule has 6 nitrogen and oxygen atoms in total. The van der Waals surface area contributed by atoms with Crippen LogP contribution in [0.4, 0.5) is 0 Å². The quantitative estimate of drug-likeness (QED) is 0.717. The number of rotatable bonds is 5. The lowest BCUT2D eigenvalue weighted by Crippen LogP contribution is -2.45. The molecule has 8 heteroatoms. The summed E-state index contributed by atoms with van der Waals surface area (Å²) in [4.78, 5) is 17.2. The molecule has 0 spiro atoms. The zero-order chi connectivity index (χ0) is 18.7. The summed E-state index contributed by atoms with van der Waals surface area (Å²) in [5, 5.41) is 5.06. The molecule has 1 aromatic heterocycles. The number of halogens is 2.